The average Bonchev–Trinajstić information content (AvgIpc) is 3.17. The molecule has 11 heteroatoms. The van der Waals surface area contributed by atoms with E-state index in [0.29, 0.717) is 17.1 Å². The van der Waals surface area contributed by atoms with Crippen LogP contribution in [0.25, 0.3) is 11.1 Å². The highest BCUT2D eigenvalue weighted by molar-refractivity contribution is 6.25. The summed E-state index contributed by atoms with van der Waals surface area (Å²) in [6.45, 7) is 1.99. The summed E-state index contributed by atoms with van der Waals surface area (Å²) in [5.74, 6) is -2.32. The number of pyridine rings is 1. The lowest BCUT2D eigenvalue weighted by atomic mass is 9.98. The molecule has 1 atom stereocenters. The SMILES string of the molecule is Cc1cc(-c2cc3c(cc2Nc2cccc4c2C(=O)N(C2CCC(=O)NC2=O)C4=O)N(C)C(=O)OC3)ccn1. The van der Waals surface area contributed by atoms with Gasteiger partial charge in [0.15, 0.2) is 0 Å². The topological polar surface area (TPSA) is 138 Å². The second-order valence-corrected chi connectivity index (χ2v) is 9.63. The van der Waals surface area contributed by atoms with Crippen LogP contribution in [-0.2, 0) is 20.9 Å². The van der Waals surface area contributed by atoms with E-state index in [2.05, 4.69) is 15.6 Å². The number of cyclic esters (lactones) is 1. The van der Waals surface area contributed by atoms with Gasteiger partial charge in [-0.05, 0) is 55.3 Å². The molecule has 0 bridgehead atoms. The Morgan fingerprint density at radius 2 is 1.82 bits per heavy atom. The summed E-state index contributed by atoms with van der Waals surface area (Å²) in [5.41, 5.74) is 5.14. The predicted molar refractivity (Wildman–Crippen MR) is 139 cm³/mol. The zero-order chi connectivity index (χ0) is 27.4. The highest BCUT2D eigenvalue weighted by atomic mass is 16.6. The number of anilines is 3. The molecule has 4 heterocycles. The number of hydrogen-bond acceptors (Lipinski definition) is 8. The highest BCUT2D eigenvalue weighted by Gasteiger charge is 2.45. The number of aryl methyl sites for hydroxylation is 1. The third kappa shape index (κ3) is 3.99. The molecule has 1 unspecified atom stereocenters. The Hall–Kier alpha value is -5.06. The Bertz CT molecular complexity index is 1620. The van der Waals surface area contributed by atoms with Crippen molar-refractivity contribution in [3.05, 3.63) is 71.0 Å². The van der Waals surface area contributed by atoms with Gasteiger partial charge in [0.25, 0.3) is 11.8 Å². The van der Waals surface area contributed by atoms with E-state index in [1.165, 1.54) is 11.0 Å². The molecule has 11 nitrogen and oxygen atoms in total. The van der Waals surface area contributed by atoms with Crippen molar-refractivity contribution in [1.29, 1.82) is 0 Å². The van der Waals surface area contributed by atoms with Crippen LogP contribution in [-0.4, -0.2) is 52.7 Å². The van der Waals surface area contributed by atoms with E-state index < -0.39 is 35.8 Å². The molecule has 3 aliphatic heterocycles. The quantitative estimate of drug-likeness (QED) is 0.495. The van der Waals surface area contributed by atoms with Gasteiger partial charge in [0.1, 0.15) is 12.6 Å². The molecular formula is C28H23N5O6. The first-order chi connectivity index (χ1) is 18.7. The van der Waals surface area contributed by atoms with Crippen LogP contribution in [0, 0.1) is 6.92 Å². The molecule has 0 spiro atoms. The highest BCUT2D eigenvalue weighted by Crippen LogP contribution is 2.40. The Labute approximate surface area is 222 Å². The number of amides is 5. The van der Waals surface area contributed by atoms with Gasteiger partial charge in [-0.1, -0.05) is 6.07 Å². The Morgan fingerprint density at radius 1 is 1.00 bits per heavy atom. The van der Waals surface area contributed by atoms with Crippen LogP contribution < -0.4 is 15.5 Å². The van der Waals surface area contributed by atoms with Gasteiger partial charge in [-0.2, -0.15) is 0 Å². The Kier molecular flexibility index (Phi) is 5.63. The summed E-state index contributed by atoms with van der Waals surface area (Å²) in [6.07, 6.45) is 1.31. The first-order valence-electron chi connectivity index (χ1n) is 12.3. The number of nitrogens with one attached hydrogen (secondary N) is 2. The van der Waals surface area contributed by atoms with Crippen LogP contribution in [0.5, 0.6) is 0 Å². The summed E-state index contributed by atoms with van der Waals surface area (Å²) < 4.78 is 5.27. The lowest BCUT2D eigenvalue weighted by molar-refractivity contribution is -0.136. The molecule has 1 aromatic heterocycles. The van der Waals surface area contributed by atoms with Crippen LogP contribution in [0.4, 0.5) is 21.9 Å². The molecular weight excluding hydrogens is 502 g/mol. The monoisotopic (exact) mass is 525 g/mol. The van der Waals surface area contributed by atoms with Crippen LogP contribution in [0.15, 0.2) is 48.7 Å². The smallest absolute Gasteiger partial charge is 0.414 e. The largest absolute Gasteiger partial charge is 0.444 e. The minimum absolute atomic E-state index is 0.0364. The molecule has 1 saturated heterocycles. The maximum atomic E-state index is 13.6. The second-order valence-electron chi connectivity index (χ2n) is 9.63. The van der Waals surface area contributed by atoms with E-state index in [0.717, 1.165) is 27.3 Å². The molecule has 2 aromatic carbocycles. The number of aromatic nitrogens is 1. The summed E-state index contributed by atoms with van der Waals surface area (Å²) in [7, 11) is 1.61. The fourth-order valence-electron chi connectivity index (χ4n) is 5.22. The third-order valence-electron chi connectivity index (χ3n) is 7.15. The molecule has 3 aliphatic rings. The lowest BCUT2D eigenvalue weighted by Crippen LogP contribution is -2.54. The number of fused-ring (bicyclic) bond motifs is 2. The van der Waals surface area contributed by atoms with E-state index in [1.807, 2.05) is 25.1 Å². The molecule has 0 saturated carbocycles. The zero-order valence-electron chi connectivity index (χ0n) is 21.1. The number of imide groups is 2. The van der Waals surface area contributed by atoms with Crippen LogP contribution in [0.2, 0.25) is 0 Å². The van der Waals surface area contributed by atoms with E-state index in [-0.39, 0.29) is 30.6 Å². The number of benzene rings is 2. The average molecular weight is 526 g/mol. The standard InChI is InChI=1S/C28H23N5O6/c1-14-10-15(8-9-29-14)18-11-16-13-39-28(38)32(2)22(16)12-20(18)30-19-5-3-4-17-24(19)27(37)33(26(17)36)21-6-7-23(34)31-25(21)35/h3-5,8-12,21,30H,6-7,13H2,1-2H3,(H,31,34,35). The Balaban J connectivity index is 1.44. The van der Waals surface area contributed by atoms with E-state index in [1.54, 1.807) is 31.4 Å². The first-order valence-corrected chi connectivity index (χ1v) is 12.3. The summed E-state index contributed by atoms with van der Waals surface area (Å²) >= 11 is 0. The molecule has 196 valence electrons. The molecule has 6 rings (SSSR count). The molecule has 1 fully saturated rings. The molecule has 0 radical (unpaired) electrons. The van der Waals surface area contributed by atoms with Gasteiger partial charge in [-0.3, -0.25) is 39.3 Å². The van der Waals surface area contributed by atoms with Gasteiger partial charge in [0.05, 0.1) is 22.5 Å². The van der Waals surface area contributed by atoms with E-state index in [4.69, 9.17) is 4.74 Å². The van der Waals surface area contributed by atoms with Crippen molar-refractivity contribution in [1.82, 2.24) is 15.2 Å². The predicted octanol–water partition coefficient (Wildman–Crippen LogP) is 3.29. The van der Waals surface area contributed by atoms with Gasteiger partial charge in [-0.25, -0.2) is 4.79 Å². The van der Waals surface area contributed by atoms with Crippen molar-refractivity contribution in [3.8, 4) is 11.1 Å². The number of nitrogens with zero attached hydrogens (tertiary/aromatic N) is 3. The fourth-order valence-corrected chi connectivity index (χ4v) is 5.22. The minimum atomic E-state index is -1.07. The molecule has 3 aromatic rings. The number of ether oxygens (including phenoxy) is 1. The molecule has 0 aliphatic carbocycles. The van der Waals surface area contributed by atoms with Gasteiger partial charge in [0.2, 0.25) is 11.8 Å². The van der Waals surface area contributed by atoms with Crippen molar-refractivity contribution < 1.29 is 28.7 Å². The summed E-state index contributed by atoms with van der Waals surface area (Å²) in [5, 5.41) is 5.52. The van der Waals surface area contributed by atoms with Crippen LogP contribution in [0.1, 0.15) is 44.8 Å². The number of rotatable bonds is 4. The third-order valence-corrected chi connectivity index (χ3v) is 7.15. The number of carbonyl (C=O) groups is 5. The zero-order valence-corrected chi connectivity index (χ0v) is 21.1. The summed E-state index contributed by atoms with van der Waals surface area (Å²) in [6, 6.07) is 11.3. The van der Waals surface area contributed by atoms with Crippen molar-refractivity contribution in [2.45, 2.75) is 32.4 Å². The maximum Gasteiger partial charge on any atom is 0.414 e. The number of carbonyl (C=O) groups excluding carboxylic acids is 5. The first kappa shape index (κ1) is 24.3. The van der Waals surface area contributed by atoms with Gasteiger partial charge in [0, 0.05) is 42.2 Å². The van der Waals surface area contributed by atoms with Crippen molar-refractivity contribution in [2.24, 2.45) is 0 Å². The van der Waals surface area contributed by atoms with Gasteiger partial charge >= 0.3 is 6.09 Å². The van der Waals surface area contributed by atoms with Gasteiger partial charge < -0.3 is 10.1 Å². The number of piperidine rings is 1. The van der Waals surface area contributed by atoms with Crippen LogP contribution >= 0.6 is 0 Å². The maximum absolute atomic E-state index is 13.6. The number of hydrogen-bond donors (Lipinski definition) is 2. The molecule has 2 N–H and O–H groups in total. The van der Waals surface area contributed by atoms with E-state index in [9.17, 15) is 24.0 Å². The van der Waals surface area contributed by atoms with Crippen molar-refractivity contribution in [3.63, 3.8) is 0 Å². The lowest BCUT2D eigenvalue weighted by Gasteiger charge is -2.28. The minimum Gasteiger partial charge on any atom is -0.444 e. The second kappa shape index (κ2) is 9.05. The molecule has 39 heavy (non-hydrogen) atoms. The summed E-state index contributed by atoms with van der Waals surface area (Å²) in [4.78, 5) is 69.8. The van der Waals surface area contributed by atoms with E-state index >= 15 is 0 Å². The van der Waals surface area contributed by atoms with Crippen molar-refractivity contribution >= 4 is 46.8 Å². The molecule has 5 amide bonds. The normalized spacial score (nSPS) is 18.5. The van der Waals surface area contributed by atoms with Crippen molar-refractivity contribution in [2.75, 3.05) is 17.3 Å². The van der Waals surface area contributed by atoms with Gasteiger partial charge in [-0.15, -0.1) is 0 Å². The fraction of sp³-hybridized carbons (Fsp3) is 0.214. The van der Waals surface area contributed by atoms with Crippen LogP contribution in [0.3, 0.4) is 0 Å². The Morgan fingerprint density at radius 3 is 2.59 bits per heavy atom.